The van der Waals surface area contributed by atoms with E-state index in [0.717, 1.165) is 12.0 Å². The maximum absolute atomic E-state index is 12.4. The number of thioether (sulfide) groups is 2. The molecule has 21 heavy (non-hydrogen) atoms. The summed E-state index contributed by atoms with van der Waals surface area (Å²) in [7, 11) is 0. The Kier molecular flexibility index (Phi) is 5.77. The van der Waals surface area contributed by atoms with E-state index >= 15 is 0 Å². The second kappa shape index (κ2) is 7.37. The molecule has 0 spiro atoms. The molecule has 1 saturated carbocycles. The van der Waals surface area contributed by atoms with Gasteiger partial charge in [0.1, 0.15) is 0 Å². The van der Waals surface area contributed by atoms with Crippen molar-refractivity contribution in [2.24, 2.45) is 11.8 Å². The zero-order valence-electron chi connectivity index (χ0n) is 13.1. The molecule has 1 aliphatic rings. The SMILES string of the molecule is CSC(SC)=C(C)/C=C/C1CC1C(=O)c1ccc(C)cc1. The van der Waals surface area contributed by atoms with Crippen molar-refractivity contribution < 1.29 is 4.79 Å². The predicted octanol–water partition coefficient (Wildman–Crippen LogP) is 5.33. The quantitative estimate of drug-likeness (QED) is 0.521. The lowest BCUT2D eigenvalue weighted by Crippen LogP contribution is -2.02. The molecule has 2 rings (SSSR count). The molecule has 0 N–H and O–H groups in total. The maximum atomic E-state index is 12.4. The number of ketones is 1. The zero-order chi connectivity index (χ0) is 15.4. The van der Waals surface area contributed by atoms with Gasteiger partial charge in [-0.05, 0) is 44.3 Å². The summed E-state index contributed by atoms with van der Waals surface area (Å²) in [4.78, 5) is 12.4. The first-order chi connectivity index (χ1) is 10.1. The number of carbonyl (C=O) groups is 1. The molecular weight excluding hydrogens is 296 g/mol. The van der Waals surface area contributed by atoms with E-state index in [4.69, 9.17) is 0 Å². The topological polar surface area (TPSA) is 17.1 Å². The summed E-state index contributed by atoms with van der Waals surface area (Å²) < 4.78 is 1.34. The summed E-state index contributed by atoms with van der Waals surface area (Å²) in [6.45, 7) is 4.18. The van der Waals surface area contributed by atoms with Crippen molar-refractivity contribution in [2.45, 2.75) is 20.3 Å². The Balaban J connectivity index is 1.97. The van der Waals surface area contributed by atoms with Crippen molar-refractivity contribution in [3.05, 3.63) is 57.4 Å². The Labute approximate surface area is 136 Å². The molecule has 0 amide bonds. The molecule has 1 aliphatic carbocycles. The number of allylic oxidation sites excluding steroid dienone is 3. The van der Waals surface area contributed by atoms with Crippen LogP contribution in [-0.2, 0) is 0 Å². The second-order valence-corrected chi connectivity index (χ2v) is 7.37. The Morgan fingerprint density at radius 2 is 1.81 bits per heavy atom. The highest BCUT2D eigenvalue weighted by molar-refractivity contribution is 8.21. The van der Waals surface area contributed by atoms with Gasteiger partial charge in [0.25, 0.3) is 0 Å². The standard InChI is InChI=1S/C18H22OS2/c1-12-5-8-14(9-6-12)17(19)16-11-15(16)10-7-13(2)18(20-3)21-4/h5-10,15-16H,11H2,1-4H3/b10-7+. The fourth-order valence-corrected chi connectivity index (χ4v) is 3.85. The van der Waals surface area contributed by atoms with Gasteiger partial charge in [-0.1, -0.05) is 42.0 Å². The van der Waals surface area contributed by atoms with Crippen molar-refractivity contribution in [2.75, 3.05) is 12.5 Å². The molecule has 0 aliphatic heterocycles. The van der Waals surface area contributed by atoms with Crippen LogP contribution in [0.5, 0.6) is 0 Å². The van der Waals surface area contributed by atoms with Gasteiger partial charge in [0.05, 0.1) is 0 Å². The van der Waals surface area contributed by atoms with Crippen LogP contribution in [0.1, 0.15) is 29.3 Å². The molecule has 0 radical (unpaired) electrons. The van der Waals surface area contributed by atoms with Crippen LogP contribution in [0.15, 0.2) is 46.2 Å². The van der Waals surface area contributed by atoms with Gasteiger partial charge in [0, 0.05) is 15.7 Å². The van der Waals surface area contributed by atoms with E-state index in [1.165, 1.54) is 15.4 Å². The minimum absolute atomic E-state index is 0.184. The van der Waals surface area contributed by atoms with Gasteiger partial charge >= 0.3 is 0 Å². The van der Waals surface area contributed by atoms with Gasteiger partial charge in [-0.25, -0.2) is 0 Å². The fourth-order valence-electron chi connectivity index (χ4n) is 2.40. The number of carbonyl (C=O) groups excluding carboxylic acids is 1. The van der Waals surface area contributed by atoms with Crippen molar-refractivity contribution in [3.63, 3.8) is 0 Å². The average molecular weight is 319 g/mol. The largest absolute Gasteiger partial charge is 0.294 e. The van der Waals surface area contributed by atoms with Gasteiger partial charge in [0.15, 0.2) is 5.78 Å². The first-order valence-corrected chi connectivity index (χ1v) is 9.59. The van der Waals surface area contributed by atoms with Crippen LogP contribution >= 0.6 is 23.5 Å². The number of benzene rings is 1. The van der Waals surface area contributed by atoms with E-state index in [1.54, 1.807) is 23.5 Å². The van der Waals surface area contributed by atoms with Crippen molar-refractivity contribution in [1.29, 1.82) is 0 Å². The second-order valence-electron chi connectivity index (χ2n) is 5.47. The molecule has 2 unspecified atom stereocenters. The van der Waals surface area contributed by atoms with Crippen LogP contribution in [0.2, 0.25) is 0 Å². The molecule has 0 bridgehead atoms. The highest BCUT2D eigenvalue weighted by Gasteiger charge is 2.41. The van der Waals surface area contributed by atoms with Gasteiger partial charge in [0.2, 0.25) is 0 Å². The molecule has 1 fully saturated rings. The highest BCUT2D eigenvalue weighted by Crippen LogP contribution is 2.42. The maximum Gasteiger partial charge on any atom is 0.166 e. The fraction of sp³-hybridized carbons (Fsp3) is 0.389. The van der Waals surface area contributed by atoms with Crippen LogP contribution < -0.4 is 0 Å². The number of aryl methyl sites for hydroxylation is 1. The number of Topliss-reactive ketones (excluding diaryl/α,β-unsaturated/α-hetero) is 1. The third-order valence-corrected chi connectivity index (χ3v) is 6.18. The minimum atomic E-state index is 0.184. The first kappa shape index (κ1) is 16.4. The lowest BCUT2D eigenvalue weighted by atomic mass is 10.0. The van der Waals surface area contributed by atoms with Crippen LogP contribution in [0.3, 0.4) is 0 Å². The molecule has 1 aromatic rings. The zero-order valence-corrected chi connectivity index (χ0v) is 14.7. The van der Waals surface area contributed by atoms with E-state index in [2.05, 4.69) is 31.6 Å². The predicted molar refractivity (Wildman–Crippen MR) is 96.0 cm³/mol. The molecular formula is C18H22OS2. The summed E-state index contributed by atoms with van der Waals surface area (Å²) in [5, 5.41) is 0. The van der Waals surface area contributed by atoms with Crippen LogP contribution in [0.25, 0.3) is 0 Å². The highest BCUT2D eigenvalue weighted by atomic mass is 32.2. The number of hydrogen-bond acceptors (Lipinski definition) is 3. The average Bonchev–Trinajstić information content (AvgIpc) is 3.26. The van der Waals surface area contributed by atoms with Gasteiger partial charge in [-0.2, -0.15) is 0 Å². The Bertz CT molecular complexity index is 563. The summed E-state index contributed by atoms with van der Waals surface area (Å²) in [6.07, 6.45) is 9.58. The number of rotatable bonds is 6. The van der Waals surface area contributed by atoms with E-state index in [0.29, 0.717) is 11.7 Å². The lowest BCUT2D eigenvalue weighted by molar-refractivity contribution is 0.0964. The summed E-state index contributed by atoms with van der Waals surface area (Å²) in [6, 6.07) is 7.91. The summed E-state index contributed by atoms with van der Waals surface area (Å²) in [5.74, 6) is 0.892. The van der Waals surface area contributed by atoms with E-state index in [9.17, 15) is 4.79 Å². The molecule has 0 aromatic heterocycles. The third kappa shape index (κ3) is 4.27. The molecule has 0 heterocycles. The number of hydrogen-bond donors (Lipinski definition) is 0. The smallest absolute Gasteiger partial charge is 0.166 e. The van der Waals surface area contributed by atoms with Gasteiger partial charge < -0.3 is 0 Å². The van der Waals surface area contributed by atoms with Crippen molar-refractivity contribution in [1.82, 2.24) is 0 Å². The first-order valence-electron chi connectivity index (χ1n) is 7.14. The Morgan fingerprint density at radius 3 is 2.38 bits per heavy atom. The van der Waals surface area contributed by atoms with Crippen molar-refractivity contribution in [3.8, 4) is 0 Å². The van der Waals surface area contributed by atoms with Crippen LogP contribution in [0, 0.1) is 18.8 Å². The van der Waals surface area contributed by atoms with Crippen LogP contribution in [-0.4, -0.2) is 18.3 Å². The summed E-state index contributed by atoms with van der Waals surface area (Å²) in [5.41, 5.74) is 3.34. The normalized spacial score (nSPS) is 20.6. The Morgan fingerprint density at radius 1 is 1.19 bits per heavy atom. The van der Waals surface area contributed by atoms with Crippen molar-refractivity contribution >= 4 is 29.3 Å². The van der Waals surface area contributed by atoms with Crippen LogP contribution in [0.4, 0.5) is 0 Å². The Hall–Kier alpha value is -0.930. The van der Waals surface area contributed by atoms with Gasteiger partial charge in [-0.3, -0.25) is 4.79 Å². The molecule has 112 valence electrons. The monoisotopic (exact) mass is 318 g/mol. The molecule has 3 heteroatoms. The third-order valence-electron chi connectivity index (χ3n) is 3.80. The molecule has 1 aromatic carbocycles. The molecule has 1 nitrogen and oxygen atoms in total. The van der Waals surface area contributed by atoms with E-state index in [-0.39, 0.29) is 5.92 Å². The van der Waals surface area contributed by atoms with E-state index < -0.39 is 0 Å². The van der Waals surface area contributed by atoms with Gasteiger partial charge in [-0.15, -0.1) is 23.5 Å². The molecule has 2 atom stereocenters. The lowest BCUT2D eigenvalue weighted by Gasteiger charge is -2.02. The summed E-state index contributed by atoms with van der Waals surface area (Å²) >= 11 is 3.56. The van der Waals surface area contributed by atoms with E-state index in [1.807, 2.05) is 31.2 Å². The minimum Gasteiger partial charge on any atom is -0.294 e. The molecule has 0 saturated heterocycles.